The molecule has 0 aromatic heterocycles. The van der Waals surface area contributed by atoms with E-state index in [4.69, 9.17) is 20.1 Å². The van der Waals surface area contributed by atoms with E-state index in [1.165, 1.54) is 0 Å². The van der Waals surface area contributed by atoms with Gasteiger partial charge in [0.1, 0.15) is 6.10 Å². The monoisotopic (exact) mass is 164 g/mol. The van der Waals surface area contributed by atoms with E-state index in [-0.39, 0.29) is 25.9 Å². The lowest BCUT2D eigenvalue weighted by molar-refractivity contribution is -0.0467. The van der Waals surface area contributed by atoms with Gasteiger partial charge in [0.2, 0.25) is 0 Å². The summed E-state index contributed by atoms with van der Waals surface area (Å²) in [5, 5.41) is 25.9. The molecule has 0 amide bonds. The number of hydrogen-bond donors (Lipinski definition) is 3. The predicted molar refractivity (Wildman–Crippen MR) is 40.2 cm³/mol. The van der Waals surface area contributed by atoms with Gasteiger partial charge in [-0.05, 0) is 6.42 Å². The van der Waals surface area contributed by atoms with E-state index in [0.717, 1.165) is 0 Å². The van der Waals surface area contributed by atoms with Gasteiger partial charge in [-0.15, -0.1) is 0 Å². The Morgan fingerprint density at radius 3 is 2.27 bits per heavy atom. The molecule has 4 heteroatoms. The molecule has 2 atom stereocenters. The third-order valence-corrected chi connectivity index (χ3v) is 1.39. The van der Waals surface area contributed by atoms with Crippen molar-refractivity contribution in [2.24, 2.45) is 0 Å². The van der Waals surface area contributed by atoms with Crippen LogP contribution in [0.2, 0.25) is 0 Å². The van der Waals surface area contributed by atoms with Crippen molar-refractivity contribution < 1.29 is 20.1 Å². The average Bonchev–Trinajstić information content (AvgIpc) is 2.06. The fraction of sp³-hybridized carbons (Fsp3) is 1.00. The molecule has 2 unspecified atom stereocenters. The van der Waals surface area contributed by atoms with Crippen LogP contribution in [0.25, 0.3) is 0 Å². The first kappa shape index (κ1) is 10.8. The highest BCUT2D eigenvalue weighted by Gasteiger charge is 2.07. The normalized spacial score (nSPS) is 16.4. The van der Waals surface area contributed by atoms with E-state index in [0.29, 0.717) is 6.42 Å². The first-order chi connectivity index (χ1) is 5.24. The van der Waals surface area contributed by atoms with Gasteiger partial charge in [0, 0.05) is 0 Å². The predicted octanol–water partition coefficient (Wildman–Crippen LogP) is -0.873. The minimum absolute atomic E-state index is 0.0470. The third-order valence-electron chi connectivity index (χ3n) is 1.39. The minimum Gasteiger partial charge on any atom is -0.394 e. The molecule has 4 nitrogen and oxygen atoms in total. The Bertz CT molecular complexity index is 82.5. The zero-order valence-corrected chi connectivity index (χ0v) is 6.73. The van der Waals surface area contributed by atoms with Gasteiger partial charge >= 0.3 is 0 Å². The zero-order chi connectivity index (χ0) is 8.69. The minimum atomic E-state index is -0.837. The van der Waals surface area contributed by atoms with Gasteiger partial charge in [-0.2, -0.15) is 0 Å². The highest BCUT2D eigenvalue weighted by atomic mass is 16.5. The molecule has 0 heterocycles. The van der Waals surface area contributed by atoms with Crippen LogP contribution in [0.1, 0.15) is 13.3 Å². The van der Waals surface area contributed by atoms with Crippen molar-refractivity contribution in [1.82, 2.24) is 0 Å². The van der Waals surface area contributed by atoms with E-state index in [1.54, 1.807) is 0 Å². The standard InChI is InChI=1S/C7H16O4/c1-2-7(4-9)11-5-6(10)3-8/h6-10H,2-5H2,1H3. The van der Waals surface area contributed by atoms with Crippen LogP contribution in [0.5, 0.6) is 0 Å². The van der Waals surface area contributed by atoms with Gasteiger partial charge < -0.3 is 20.1 Å². The second-order valence-corrected chi connectivity index (χ2v) is 2.38. The summed E-state index contributed by atoms with van der Waals surface area (Å²) >= 11 is 0. The Balaban J connectivity index is 3.34. The van der Waals surface area contributed by atoms with Gasteiger partial charge in [0.05, 0.1) is 25.9 Å². The van der Waals surface area contributed by atoms with E-state index < -0.39 is 6.10 Å². The van der Waals surface area contributed by atoms with Gasteiger partial charge in [0.25, 0.3) is 0 Å². The van der Waals surface area contributed by atoms with Crippen molar-refractivity contribution >= 4 is 0 Å². The molecule has 0 aromatic rings. The van der Waals surface area contributed by atoms with Crippen LogP contribution in [0, 0.1) is 0 Å². The molecule has 68 valence electrons. The van der Waals surface area contributed by atoms with Crippen molar-refractivity contribution in [3.63, 3.8) is 0 Å². The molecule has 0 radical (unpaired) electrons. The van der Waals surface area contributed by atoms with Gasteiger partial charge in [-0.25, -0.2) is 0 Å². The Morgan fingerprint density at radius 2 is 1.91 bits per heavy atom. The molecule has 0 aliphatic heterocycles. The summed E-state index contributed by atoms with van der Waals surface area (Å²) in [6.07, 6.45) is -0.360. The molecule has 0 fully saturated rings. The SMILES string of the molecule is CCC(CO)OCC(O)CO. The lowest BCUT2D eigenvalue weighted by atomic mass is 10.3. The summed E-state index contributed by atoms with van der Waals surface area (Å²) in [7, 11) is 0. The smallest absolute Gasteiger partial charge is 0.100 e. The maximum Gasteiger partial charge on any atom is 0.100 e. The lowest BCUT2D eigenvalue weighted by Crippen LogP contribution is -2.25. The fourth-order valence-electron chi connectivity index (χ4n) is 0.600. The number of hydrogen-bond acceptors (Lipinski definition) is 4. The molecule has 0 saturated carbocycles. The number of rotatable bonds is 6. The summed E-state index contributed by atoms with van der Waals surface area (Å²) in [5.74, 6) is 0. The van der Waals surface area contributed by atoms with Gasteiger partial charge in [0.15, 0.2) is 0 Å². The Morgan fingerprint density at radius 1 is 1.27 bits per heavy atom. The molecule has 0 saturated heterocycles. The molecule has 0 bridgehead atoms. The van der Waals surface area contributed by atoms with Crippen LogP contribution in [0.4, 0.5) is 0 Å². The maximum absolute atomic E-state index is 8.84. The molecular formula is C7H16O4. The van der Waals surface area contributed by atoms with E-state index in [1.807, 2.05) is 6.92 Å². The van der Waals surface area contributed by atoms with Gasteiger partial charge in [-0.3, -0.25) is 0 Å². The molecular weight excluding hydrogens is 148 g/mol. The quantitative estimate of drug-likeness (QED) is 0.477. The van der Waals surface area contributed by atoms with Crippen molar-refractivity contribution in [3.05, 3.63) is 0 Å². The highest BCUT2D eigenvalue weighted by molar-refractivity contribution is 4.55. The second kappa shape index (κ2) is 6.54. The summed E-state index contributed by atoms with van der Waals surface area (Å²) in [6, 6.07) is 0. The Kier molecular flexibility index (Phi) is 6.45. The summed E-state index contributed by atoms with van der Waals surface area (Å²) in [4.78, 5) is 0. The molecule has 0 aromatic carbocycles. The molecule has 11 heavy (non-hydrogen) atoms. The van der Waals surface area contributed by atoms with Crippen LogP contribution < -0.4 is 0 Å². The van der Waals surface area contributed by atoms with Crippen molar-refractivity contribution in [2.45, 2.75) is 25.6 Å². The van der Waals surface area contributed by atoms with Crippen molar-refractivity contribution in [2.75, 3.05) is 19.8 Å². The first-order valence-corrected chi connectivity index (χ1v) is 3.76. The number of aliphatic hydroxyl groups is 3. The molecule has 0 aliphatic carbocycles. The van der Waals surface area contributed by atoms with Crippen LogP contribution in [-0.2, 0) is 4.74 Å². The highest BCUT2D eigenvalue weighted by Crippen LogP contribution is 1.97. The van der Waals surface area contributed by atoms with Crippen LogP contribution in [-0.4, -0.2) is 47.3 Å². The number of aliphatic hydroxyl groups excluding tert-OH is 3. The van der Waals surface area contributed by atoms with Crippen molar-refractivity contribution in [3.8, 4) is 0 Å². The largest absolute Gasteiger partial charge is 0.394 e. The van der Waals surface area contributed by atoms with Crippen LogP contribution in [0.3, 0.4) is 0 Å². The summed E-state index contributed by atoms with van der Waals surface area (Å²) in [6.45, 7) is 1.61. The summed E-state index contributed by atoms with van der Waals surface area (Å²) in [5.41, 5.74) is 0. The Hall–Kier alpha value is -0.160. The van der Waals surface area contributed by atoms with Crippen LogP contribution in [0.15, 0.2) is 0 Å². The molecule has 0 aliphatic rings. The lowest BCUT2D eigenvalue weighted by Gasteiger charge is -2.14. The summed E-state index contributed by atoms with van der Waals surface area (Å²) < 4.78 is 5.03. The fourth-order valence-corrected chi connectivity index (χ4v) is 0.600. The molecule has 0 rings (SSSR count). The third kappa shape index (κ3) is 5.15. The molecule has 0 spiro atoms. The first-order valence-electron chi connectivity index (χ1n) is 3.76. The Labute approximate surface area is 66.4 Å². The molecule has 3 N–H and O–H groups in total. The average molecular weight is 164 g/mol. The van der Waals surface area contributed by atoms with E-state index >= 15 is 0 Å². The zero-order valence-electron chi connectivity index (χ0n) is 6.73. The second-order valence-electron chi connectivity index (χ2n) is 2.38. The van der Waals surface area contributed by atoms with E-state index in [2.05, 4.69) is 0 Å². The van der Waals surface area contributed by atoms with Crippen LogP contribution >= 0.6 is 0 Å². The van der Waals surface area contributed by atoms with E-state index in [9.17, 15) is 0 Å². The topological polar surface area (TPSA) is 69.9 Å². The van der Waals surface area contributed by atoms with Crippen molar-refractivity contribution in [1.29, 1.82) is 0 Å². The maximum atomic E-state index is 8.84. The van der Waals surface area contributed by atoms with Gasteiger partial charge in [-0.1, -0.05) is 6.92 Å². The number of ether oxygens (including phenoxy) is 1.